The SMILES string of the molecule is COc1cc(/C=C/C(=O)OC2CC3CCC2(C)C3(C)C)cc([N+](=O)[O-])c1O. The predicted octanol–water partition coefficient (Wildman–Crippen LogP) is 4.08. The van der Waals surface area contributed by atoms with E-state index >= 15 is 0 Å². The fraction of sp³-hybridized carbons (Fsp3) is 0.550. The van der Waals surface area contributed by atoms with Gasteiger partial charge in [0.2, 0.25) is 5.75 Å². The number of phenolic OH excluding ortho intramolecular Hbond substituents is 1. The molecule has 2 saturated carbocycles. The molecule has 2 aliphatic carbocycles. The van der Waals surface area contributed by atoms with Crippen molar-refractivity contribution in [3.8, 4) is 11.5 Å². The number of carbonyl (C=O) groups excluding carboxylic acids is 1. The molecule has 2 bridgehead atoms. The fourth-order valence-electron chi connectivity index (χ4n) is 4.66. The highest BCUT2D eigenvalue weighted by atomic mass is 16.6. The van der Waals surface area contributed by atoms with Gasteiger partial charge in [0.15, 0.2) is 5.75 Å². The number of hydrogen-bond acceptors (Lipinski definition) is 6. The van der Waals surface area contributed by atoms with Crippen molar-refractivity contribution in [2.24, 2.45) is 16.7 Å². The van der Waals surface area contributed by atoms with Gasteiger partial charge in [-0.3, -0.25) is 10.1 Å². The lowest BCUT2D eigenvalue weighted by molar-refractivity contribution is -0.386. The monoisotopic (exact) mass is 375 g/mol. The van der Waals surface area contributed by atoms with Crippen LogP contribution in [0.5, 0.6) is 11.5 Å². The van der Waals surface area contributed by atoms with Gasteiger partial charge in [0.25, 0.3) is 0 Å². The Labute approximate surface area is 158 Å². The first-order valence-electron chi connectivity index (χ1n) is 9.04. The topological polar surface area (TPSA) is 98.9 Å². The van der Waals surface area contributed by atoms with Gasteiger partial charge in [-0.1, -0.05) is 20.8 Å². The minimum Gasteiger partial charge on any atom is -0.500 e. The Kier molecular flexibility index (Phi) is 4.66. The van der Waals surface area contributed by atoms with E-state index < -0.39 is 22.3 Å². The number of esters is 1. The van der Waals surface area contributed by atoms with Crippen molar-refractivity contribution in [1.29, 1.82) is 0 Å². The lowest BCUT2D eigenvalue weighted by atomic mass is 9.70. The van der Waals surface area contributed by atoms with Crippen molar-refractivity contribution in [2.75, 3.05) is 7.11 Å². The summed E-state index contributed by atoms with van der Waals surface area (Å²) in [7, 11) is 1.30. The lowest BCUT2D eigenvalue weighted by Gasteiger charge is -2.38. The van der Waals surface area contributed by atoms with Crippen LogP contribution in [0.2, 0.25) is 0 Å². The number of hydrogen-bond donors (Lipinski definition) is 1. The van der Waals surface area contributed by atoms with Gasteiger partial charge >= 0.3 is 11.7 Å². The average molecular weight is 375 g/mol. The zero-order valence-electron chi connectivity index (χ0n) is 16.0. The summed E-state index contributed by atoms with van der Waals surface area (Å²) in [6.45, 7) is 6.68. The third kappa shape index (κ3) is 3.05. The predicted molar refractivity (Wildman–Crippen MR) is 99.5 cm³/mol. The van der Waals surface area contributed by atoms with Gasteiger partial charge in [0.05, 0.1) is 12.0 Å². The van der Waals surface area contributed by atoms with Gasteiger partial charge in [-0.25, -0.2) is 4.79 Å². The molecule has 1 aromatic rings. The maximum Gasteiger partial charge on any atom is 0.331 e. The van der Waals surface area contributed by atoms with Crippen molar-refractivity contribution >= 4 is 17.7 Å². The van der Waals surface area contributed by atoms with Crippen LogP contribution in [-0.2, 0) is 9.53 Å². The maximum absolute atomic E-state index is 12.3. The largest absolute Gasteiger partial charge is 0.500 e. The quantitative estimate of drug-likeness (QED) is 0.360. The molecule has 1 aromatic carbocycles. The molecule has 0 aromatic heterocycles. The fourth-order valence-corrected chi connectivity index (χ4v) is 4.66. The second-order valence-electron chi connectivity index (χ2n) is 8.22. The molecule has 2 fully saturated rings. The maximum atomic E-state index is 12.3. The number of nitro groups is 1. The van der Waals surface area contributed by atoms with Gasteiger partial charge in [0, 0.05) is 17.6 Å². The van der Waals surface area contributed by atoms with Crippen LogP contribution in [0.1, 0.15) is 45.6 Å². The highest BCUT2D eigenvalue weighted by molar-refractivity contribution is 5.87. The van der Waals surface area contributed by atoms with E-state index in [-0.39, 0.29) is 22.7 Å². The molecule has 1 N–H and O–H groups in total. The molecule has 146 valence electrons. The van der Waals surface area contributed by atoms with E-state index in [0.717, 1.165) is 12.8 Å². The second kappa shape index (κ2) is 6.55. The molecule has 0 spiro atoms. The summed E-state index contributed by atoms with van der Waals surface area (Å²) in [4.78, 5) is 22.7. The number of carbonyl (C=O) groups is 1. The van der Waals surface area contributed by atoms with Crippen LogP contribution in [0.25, 0.3) is 6.08 Å². The van der Waals surface area contributed by atoms with Gasteiger partial charge in [0.1, 0.15) is 6.10 Å². The zero-order chi connectivity index (χ0) is 20.0. The molecule has 0 saturated heterocycles. The molecule has 0 amide bonds. The molecule has 7 nitrogen and oxygen atoms in total. The van der Waals surface area contributed by atoms with E-state index in [2.05, 4.69) is 20.8 Å². The van der Waals surface area contributed by atoms with Crippen molar-refractivity contribution in [2.45, 2.75) is 46.1 Å². The molecule has 2 aliphatic rings. The number of phenols is 1. The van der Waals surface area contributed by atoms with E-state index in [0.29, 0.717) is 11.5 Å². The Morgan fingerprint density at radius 2 is 2.07 bits per heavy atom. The molecule has 7 heteroatoms. The van der Waals surface area contributed by atoms with Crippen LogP contribution in [0.3, 0.4) is 0 Å². The number of aromatic hydroxyl groups is 1. The summed E-state index contributed by atoms with van der Waals surface area (Å²) >= 11 is 0. The van der Waals surface area contributed by atoms with Crippen LogP contribution < -0.4 is 4.74 Å². The van der Waals surface area contributed by atoms with Crippen LogP contribution in [0.4, 0.5) is 5.69 Å². The Balaban J connectivity index is 1.75. The highest BCUT2D eigenvalue weighted by Crippen LogP contribution is 2.66. The number of ether oxygens (including phenoxy) is 2. The molecule has 27 heavy (non-hydrogen) atoms. The van der Waals surface area contributed by atoms with E-state index in [1.54, 1.807) is 0 Å². The third-order valence-electron chi connectivity index (χ3n) is 6.88. The van der Waals surface area contributed by atoms with Crippen molar-refractivity contribution in [3.63, 3.8) is 0 Å². The van der Waals surface area contributed by atoms with Gasteiger partial charge in [-0.15, -0.1) is 0 Å². The first-order chi connectivity index (χ1) is 12.6. The summed E-state index contributed by atoms with van der Waals surface area (Å²) < 4.78 is 10.7. The molecular weight excluding hydrogens is 350 g/mol. The average Bonchev–Trinajstić information content (AvgIpc) is 2.94. The standard InChI is InChI=1S/C20H25NO6/c1-19(2)13-7-8-20(19,3)16(11-13)27-17(22)6-5-12-9-14(21(24)25)18(23)15(10-12)26-4/h5-6,9-10,13,16,23H,7-8,11H2,1-4H3/b6-5+. The molecule has 3 rings (SSSR count). The third-order valence-corrected chi connectivity index (χ3v) is 6.88. The zero-order valence-corrected chi connectivity index (χ0v) is 16.0. The number of nitrogens with zero attached hydrogens (tertiary/aromatic N) is 1. The van der Waals surface area contributed by atoms with Gasteiger partial charge in [-0.05, 0) is 48.3 Å². The number of methoxy groups -OCH3 is 1. The van der Waals surface area contributed by atoms with E-state index in [9.17, 15) is 20.0 Å². The number of nitro benzene ring substituents is 1. The highest BCUT2D eigenvalue weighted by Gasteiger charge is 2.62. The smallest absolute Gasteiger partial charge is 0.331 e. The number of benzene rings is 1. The summed E-state index contributed by atoms with van der Waals surface area (Å²) in [6, 6.07) is 2.61. The Morgan fingerprint density at radius 1 is 1.37 bits per heavy atom. The van der Waals surface area contributed by atoms with Gasteiger partial charge in [-0.2, -0.15) is 0 Å². The molecule has 3 unspecified atom stereocenters. The van der Waals surface area contributed by atoms with E-state index in [1.165, 1.54) is 37.8 Å². The van der Waals surface area contributed by atoms with E-state index in [1.807, 2.05) is 0 Å². The molecular formula is C20H25NO6. The van der Waals surface area contributed by atoms with Crippen LogP contribution >= 0.6 is 0 Å². The summed E-state index contributed by atoms with van der Waals surface area (Å²) in [6.07, 6.45) is 5.67. The van der Waals surface area contributed by atoms with Crippen molar-refractivity contribution < 1.29 is 24.3 Å². The first-order valence-corrected chi connectivity index (χ1v) is 9.04. The Hall–Kier alpha value is -2.57. The van der Waals surface area contributed by atoms with Crippen molar-refractivity contribution in [3.05, 3.63) is 33.9 Å². The van der Waals surface area contributed by atoms with Crippen LogP contribution in [0, 0.1) is 26.9 Å². The number of rotatable bonds is 5. The van der Waals surface area contributed by atoms with Crippen LogP contribution in [0.15, 0.2) is 18.2 Å². The minimum absolute atomic E-state index is 0.0261. The van der Waals surface area contributed by atoms with E-state index in [4.69, 9.17) is 9.47 Å². The lowest BCUT2D eigenvalue weighted by Crippen LogP contribution is -2.38. The van der Waals surface area contributed by atoms with Crippen LogP contribution in [-0.4, -0.2) is 29.2 Å². The number of fused-ring (bicyclic) bond motifs is 2. The Morgan fingerprint density at radius 3 is 2.59 bits per heavy atom. The minimum atomic E-state index is -0.703. The molecule has 0 heterocycles. The second-order valence-corrected chi connectivity index (χ2v) is 8.22. The van der Waals surface area contributed by atoms with Crippen molar-refractivity contribution in [1.82, 2.24) is 0 Å². The summed E-state index contributed by atoms with van der Waals surface area (Å²) in [5, 5.41) is 20.9. The summed E-state index contributed by atoms with van der Waals surface area (Å²) in [5.74, 6) is -0.480. The normalized spacial score (nSPS) is 28.4. The Bertz CT molecular complexity index is 815. The molecule has 0 radical (unpaired) electrons. The molecule has 0 aliphatic heterocycles. The van der Waals surface area contributed by atoms with Gasteiger partial charge < -0.3 is 14.6 Å². The molecule has 3 atom stereocenters. The first kappa shape index (κ1) is 19.2. The summed E-state index contributed by atoms with van der Waals surface area (Å²) in [5.41, 5.74) is 0.00594.